The maximum absolute atomic E-state index is 6.96. The van der Waals surface area contributed by atoms with Crippen LogP contribution in [-0.4, -0.2) is 0 Å². The summed E-state index contributed by atoms with van der Waals surface area (Å²) < 4.78 is 0. The zero-order valence-electron chi connectivity index (χ0n) is 23.0. The minimum Gasteiger partial charge on any atom is -0.398 e. The molecule has 1 nitrogen and oxygen atoms in total. The molecule has 0 aliphatic rings. The smallest absolute Gasteiger partial charge is 0.0499 e. The average molecular weight is 478 g/mol. The first-order valence-corrected chi connectivity index (χ1v) is 13.1. The fraction of sp³-hybridized carbons (Fsp3) is 0.438. The molecular weight excluding hydrogens is 434 g/mol. The molecule has 0 aliphatic heterocycles. The van der Waals surface area contributed by atoms with E-state index in [9.17, 15) is 0 Å². The Morgan fingerprint density at radius 1 is 0.735 bits per heavy atom. The van der Waals surface area contributed by atoms with Gasteiger partial charge in [0.2, 0.25) is 0 Å². The van der Waals surface area contributed by atoms with Crippen LogP contribution in [0.25, 0.3) is 0 Å². The Morgan fingerprint density at radius 2 is 1.29 bits per heavy atom. The van der Waals surface area contributed by atoms with Crippen molar-refractivity contribution in [2.24, 2.45) is 0 Å². The molecular formula is C32H44ClN. The lowest BCUT2D eigenvalue weighted by Crippen LogP contribution is -2.24. The van der Waals surface area contributed by atoms with Crippen LogP contribution in [0.4, 0.5) is 5.69 Å². The summed E-state index contributed by atoms with van der Waals surface area (Å²) in [5.74, 6) is 0. The van der Waals surface area contributed by atoms with E-state index in [-0.39, 0.29) is 10.8 Å². The lowest BCUT2D eigenvalue weighted by molar-refractivity contribution is 0.616. The van der Waals surface area contributed by atoms with Crippen molar-refractivity contribution in [3.05, 3.63) is 98.1 Å². The number of hydrogen-bond acceptors (Lipinski definition) is 1. The maximum atomic E-state index is 6.96. The van der Waals surface area contributed by atoms with E-state index >= 15 is 0 Å². The molecule has 0 aliphatic carbocycles. The van der Waals surface area contributed by atoms with Crippen molar-refractivity contribution in [1.82, 2.24) is 0 Å². The summed E-state index contributed by atoms with van der Waals surface area (Å²) in [7, 11) is 0. The van der Waals surface area contributed by atoms with E-state index in [1.165, 1.54) is 33.4 Å². The first-order chi connectivity index (χ1) is 15.9. The van der Waals surface area contributed by atoms with Crippen LogP contribution < -0.4 is 5.73 Å². The molecule has 0 amide bonds. The first kappa shape index (κ1) is 28.0. The third kappa shape index (κ3) is 5.20. The molecule has 0 atom stereocenters. The van der Waals surface area contributed by atoms with Gasteiger partial charge in [-0.05, 0) is 71.2 Å². The van der Waals surface area contributed by atoms with E-state index < -0.39 is 0 Å². The molecule has 0 fully saturated rings. The summed E-state index contributed by atoms with van der Waals surface area (Å²) in [6, 6.07) is 18.0. The Kier molecular flexibility index (Phi) is 9.05. The number of nitrogens with two attached hydrogens (primary N) is 1. The summed E-state index contributed by atoms with van der Waals surface area (Å²) in [5, 5.41) is 0.811. The third-order valence-electron chi connectivity index (χ3n) is 7.43. The lowest BCUT2D eigenvalue weighted by atomic mass is 9.72. The average Bonchev–Trinajstić information content (AvgIpc) is 2.82. The molecule has 0 saturated carbocycles. The van der Waals surface area contributed by atoms with E-state index in [1.54, 1.807) is 0 Å². The van der Waals surface area contributed by atoms with Gasteiger partial charge in [-0.15, -0.1) is 0 Å². The monoisotopic (exact) mass is 477 g/mol. The molecule has 0 unspecified atom stereocenters. The highest BCUT2D eigenvalue weighted by Gasteiger charge is 2.31. The molecule has 0 aromatic heterocycles. The van der Waals surface area contributed by atoms with Crippen molar-refractivity contribution in [2.75, 3.05) is 5.73 Å². The number of nitrogen functional groups attached to an aromatic ring is 1. The van der Waals surface area contributed by atoms with Gasteiger partial charge < -0.3 is 5.73 Å². The molecule has 0 spiro atoms. The van der Waals surface area contributed by atoms with E-state index in [0.29, 0.717) is 0 Å². The summed E-state index contributed by atoms with van der Waals surface area (Å²) in [4.78, 5) is 0. The fourth-order valence-corrected chi connectivity index (χ4v) is 5.16. The van der Waals surface area contributed by atoms with Crippen LogP contribution in [0, 0.1) is 13.8 Å². The Morgan fingerprint density at radius 3 is 1.82 bits per heavy atom. The van der Waals surface area contributed by atoms with Crippen LogP contribution in [0.3, 0.4) is 0 Å². The van der Waals surface area contributed by atoms with Gasteiger partial charge in [-0.1, -0.05) is 116 Å². The van der Waals surface area contributed by atoms with Gasteiger partial charge in [0.05, 0.1) is 0 Å². The normalized spacial score (nSPS) is 11.7. The number of aryl methyl sites for hydroxylation is 3. The predicted octanol–water partition coefficient (Wildman–Crippen LogP) is 9.34. The molecule has 0 radical (unpaired) electrons. The minimum atomic E-state index is -0.242. The van der Waals surface area contributed by atoms with Crippen LogP contribution in [-0.2, 0) is 23.7 Å². The van der Waals surface area contributed by atoms with Crippen LogP contribution in [0.5, 0.6) is 0 Å². The number of rotatable bonds is 6. The Bertz CT molecular complexity index is 1140. The minimum absolute atomic E-state index is 0.0986. The van der Waals surface area contributed by atoms with Crippen molar-refractivity contribution in [3.8, 4) is 0 Å². The molecule has 3 aromatic rings. The van der Waals surface area contributed by atoms with Crippen LogP contribution in [0.2, 0.25) is 5.02 Å². The standard InChI is InChI=1S/C30H38ClN.C2H6/c1-9-21-17-26(27(31)25(10-2)28(21)32)30(7,8)23-13-11-12-22(18-23)29(5,6)24-15-14-19(3)20(4)16-24;1-2/h11-18H,9-10,32H2,1-8H3;1-2H3. The first-order valence-electron chi connectivity index (χ1n) is 12.7. The van der Waals surface area contributed by atoms with Gasteiger partial charge in [0.25, 0.3) is 0 Å². The van der Waals surface area contributed by atoms with Crippen molar-refractivity contribution >= 4 is 17.3 Å². The zero-order valence-corrected chi connectivity index (χ0v) is 23.7. The number of benzene rings is 3. The summed E-state index contributed by atoms with van der Waals surface area (Å²) >= 11 is 6.96. The Hall–Kier alpha value is -2.25. The van der Waals surface area contributed by atoms with E-state index in [0.717, 1.165) is 34.7 Å². The predicted molar refractivity (Wildman–Crippen MR) is 153 cm³/mol. The lowest BCUT2D eigenvalue weighted by Gasteiger charge is -2.32. The molecule has 0 saturated heterocycles. The van der Waals surface area contributed by atoms with Crippen LogP contribution in [0.15, 0.2) is 48.5 Å². The van der Waals surface area contributed by atoms with E-state index in [1.807, 2.05) is 13.8 Å². The zero-order chi connectivity index (χ0) is 25.8. The molecule has 3 rings (SSSR count). The van der Waals surface area contributed by atoms with Crippen LogP contribution in [0.1, 0.15) is 99.9 Å². The second-order valence-electron chi connectivity index (χ2n) is 10.1. The van der Waals surface area contributed by atoms with Crippen molar-refractivity contribution in [2.45, 2.75) is 92.9 Å². The van der Waals surface area contributed by atoms with Gasteiger partial charge in [-0.3, -0.25) is 0 Å². The van der Waals surface area contributed by atoms with Gasteiger partial charge in [0.15, 0.2) is 0 Å². The highest BCUT2D eigenvalue weighted by atomic mass is 35.5. The largest absolute Gasteiger partial charge is 0.398 e. The summed E-state index contributed by atoms with van der Waals surface area (Å²) in [6.45, 7) is 21.8. The van der Waals surface area contributed by atoms with Gasteiger partial charge in [0, 0.05) is 21.5 Å². The quantitative estimate of drug-likeness (QED) is 0.351. The molecule has 2 N–H and O–H groups in total. The van der Waals surface area contributed by atoms with Crippen molar-refractivity contribution in [3.63, 3.8) is 0 Å². The molecule has 0 heterocycles. The van der Waals surface area contributed by atoms with Crippen molar-refractivity contribution in [1.29, 1.82) is 0 Å². The van der Waals surface area contributed by atoms with Gasteiger partial charge in [-0.25, -0.2) is 0 Å². The maximum Gasteiger partial charge on any atom is 0.0499 e. The number of halogens is 1. The van der Waals surface area contributed by atoms with Gasteiger partial charge >= 0.3 is 0 Å². The van der Waals surface area contributed by atoms with Crippen molar-refractivity contribution < 1.29 is 0 Å². The molecule has 184 valence electrons. The molecule has 0 bridgehead atoms. The fourth-order valence-electron chi connectivity index (χ4n) is 4.63. The third-order valence-corrected chi connectivity index (χ3v) is 7.87. The van der Waals surface area contributed by atoms with Gasteiger partial charge in [-0.2, -0.15) is 0 Å². The van der Waals surface area contributed by atoms with Gasteiger partial charge in [0.1, 0.15) is 0 Å². The highest BCUT2D eigenvalue weighted by molar-refractivity contribution is 6.32. The number of anilines is 1. The second-order valence-corrected chi connectivity index (χ2v) is 10.5. The van der Waals surface area contributed by atoms with Crippen LogP contribution >= 0.6 is 11.6 Å². The van der Waals surface area contributed by atoms with E-state index in [2.05, 4.69) is 104 Å². The number of hydrogen-bond donors (Lipinski definition) is 1. The Balaban J connectivity index is 0.00000199. The molecule has 34 heavy (non-hydrogen) atoms. The topological polar surface area (TPSA) is 26.0 Å². The summed E-state index contributed by atoms with van der Waals surface area (Å²) in [6.07, 6.45) is 1.74. The second kappa shape index (κ2) is 11.0. The molecule has 2 heteroatoms. The van der Waals surface area contributed by atoms with E-state index in [4.69, 9.17) is 17.3 Å². The SMILES string of the molecule is CC.CCc1cc(C(C)(C)c2cccc(C(C)(C)c3ccc(C)c(C)c3)c2)c(Cl)c(CC)c1N. The Labute approximate surface area is 213 Å². The highest BCUT2D eigenvalue weighted by Crippen LogP contribution is 2.42. The molecule has 3 aromatic carbocycles. The summed E-state index contributed by atoms with van der Waals surface area (Å²) in [5.41, 5.74) is 16.9.